The van der Waals surface area contributed by atoms with Gasteiger partial charge in [0.1, 0.15) is 17.1 Å². The number of hydrogen-bond donors (Lipinski definition) is 1. The number of carboxylic acids is 1. The molecular weight excluding hydrogens is 246 g/mol. The number of furan rings is 1. The molecule has 3 aromatic heterocycles. The zero-order valence-electron chi connectivity index (χ0n) is 10.4. The van der Waals surface area contributed by atoms with E-state index in [2.05, 4.69) is 10.1 Å². The lowest BCUT2D eigenvalue weighted by atomic mass is 10.2. The second kappa shape index (κ2) is 3.94. The molecule has 6 nitrogen and oxygen atoms in total. The molecule has 0 aliphatic carbocycles. The molecule has 0 bridgehead atoms. The monoisotopic (exact) mass is 257 g/mol. The molecule has 0 unspecified atom stereocenters. The van der Waals surface area contributed by atoms with Crippen molar-refractivity contribution in [3.05, 3.63) is 41.6 Å². The van der Waals surface area contributed by atoms with Gasteiger partial charge < -0.3 is 9.52 Å². The van der Waals surface area contributed by atoms with Crippen LogP contribution in [0.1, 0.15) is 21.9 Å². The average Bonchev–Trinajstić information content (AvgIpc) is 2.92. The van der Waals surface area contributed by atoms with Crippen LogP contribution in [-0.2, 0) is 0 Å². The van der Waals surface area contributed by atoms with E-state index in [1.54, 1.807) is 12.3 Å². The van der Waals surface area contributed by atoms with Crippen molar-refractivity contribution in [2.75, 3.05) is 0 Å². The number of aryl methyl sites for hydroxylation is 2. The number of fused-ring (bicyclic) bond motifs is 1. The maximum absolute atomic E-state index is 11.1. The second-order valence-electron chi connectivity index (χ2n) is 4.26. The molecule has 0 aromatic carbocycles. The van der Waals surface area contributed by atoms with Crippen LogP contribution in [-0.4, -0.2) is 25.7 Å². The SMILES string of the molecule is Cc1cc(-c2ccnc3c(C(=O)O)cnn23)c(C)o1. The van der Waals surface area contributed by atoms with Crippen molar-refractivity contribution in [1.29, 1.82) is 0 Å². The lowest BCUT2D eigenvalue weighted by Gasteiger charge is -2.02. The Morgan fingerprint density at radius 2 is 2.21 bits per heavy atom. The molecule has 6 heteroatoms. The van der Waals surface area contributed by atoms with Crippen molar-refractivity contribution in [1.82, 2.24) is 14.6 Å². The molecule has 0 fully saturated rings. The third kappa shape index (κ3) is 1.69. The second-order valence-corrected chi connectivity index (χ2v) is 4.26. The van der Waals surface area contributed by atoms with Crippen LogP contribution < -0.4 is 0 Å². The van der Waals surface area contributed by atoms with Crippen molar-refractivity contribution in [3.63, 3.8) is 0 Å². The van der Waals surface area contributed by atoms with Crippen LogP contribution in [0.2, 0.25) is 0 Å². The van der Waals surface area contributed by atoms with Gasteiger partial charge in [0.2, 0.25) is 0 Å². The molecule has 0 saturated heterocycles. The highest BCUT2D eigenvalue weighted by Crippen LogP contribution is 2.27. The van der Waals surface area contributed by atoms with Gasteiger partial charge in [-0.05, 0) is 26.0 Å². The van der Waals surface area contributed by atoms with E-state index in [1.807, 2.05) is 19.9 Å². The largest absolute Gasteiger partial charge is 0.477 e. The maximum atomic E-state index is 11.1. The summed E-state index contributed by atoms with van der Waals surface area (Å²) in [4.78, 5) is 15.2. The molecule has 0 amide bonds. The van der Waals surface area contributed by atoms with Crippen molar-refractivity contribution < 1.29 is 14.3 Å². The number of aromatic carboxylic acids is 1. The van der Waals surface area contributed by atoms with Crippen LogP contribution >= 0.6 is 0 Å². The molecule has 3 aromatic rings. The van der Waals surface area contributed by atoms with Gasteiger partial charge in [-0.15, -0.1) is 0 Å². The van der Waals surface area contributed by atoms with Crippen molar-refractivity contribution in [3.8, 4) is 11.3 Å². The maximum Gasteiger partial charge on any atom is 0.341 e. The summed E-state index contributed by atoms with van der Waals surface area (Å²) in [6.45, 7) is 3.72. The molecule has 0 atom stereocenters. The summed E-state index contributed by atoms with van der Waals surface area (Å²) in [6.07, 6.45) is 2.87. The Hall–Kier alpha value is -2.63. The predicted octanol–water partition coefficient (Wildman–Crippen LogP) is 2.30. The first-order chi connectivity index (χ1) is 9.08. The Balaban J connectivity index is 2.31. The van der Waals surface area contributed by atoms with Gasteiger partial charge in [-0.3, -0.25) is 0 Å². The summed E-state index contributed by atoms with van der Waals surface area (Å²) in [5, 5.41) is 13.2. The molecule has 3 heterocycles. The van der Waals surface area contributed by atoms with Gasteiger partial charge in [0, 0.05) is 11.8 Å². The van der Waals surface area contributed by atoms with E-state index in [-0.39, 0.29) is 5.56 Å². The Bertz CT molecular complexity index is 786. The van der Waals surface area contributed by atoms with Gasteiger partial charge in [0.15, 0.2) is 5.65 Å². The summed E-state index contributed by atoms with van der Waals surface area (Å²) in [5.74, 6) is 0.514. The van der Waals surface area contributed by atoms with E-state index >= 15 is 0 Å². The number of carbonyl (C=O) groups is 1. The Kier molecular flexibility index (Phi) is 2.38. The Morgan fingerprint density at radius 1 is 1.42 bits per heavy atom. The lowest BCUT2D eigenvalue weighted by Crippen LogP contribution is -1.99. The Morgan fingerprint density at radius 3 is 2.84 bits per heavy atom. The minimum atomic E-state index is -1.04. The van der Waals surface area contributed by atoms with Crippen molar-refractivity contribution in [2.45, 2.75) is 13.8 Å². The van der Waals surface area contributed by atoms with E-state index in [9.17, 15) is 4.79 Å². The fraction of sp³-hybridized carbons (Fsp3) is 0.154. The van der Waals surface area contributed by atoms with Crippen LogP contribution in [0.3, 0.4) is 0 Å². The summed E-state index contributed by atoms with van der Waals surface area (Å²) in [6, 6.07) is 3.68. The highest BCUT2D eigenvalue weighted by Gasteiger charge is 2.17. The zero-order chi connectivity index (χ0) is 13.6. The highest BCUT2D eigenvalue weighted by atomic mass is 16.4. The summed E-state index contributed by atoms with van der Waals surface area (Å²) >= 11 is 0. The lowest BCUT2D eigenvalue weighted by molar-refractivity contribution is 0.0699. The van der Waals surface area contributed by atoms with Crippen LogP contribution in [0.15, 0.2) is 28.9 Å². The third-order valence-electron chi connectivity index (χ3n) is 2.95. The van der Waals surface area contributed by atoms with Crippen LogP contribution in [0.25, 0.3) is 16.9 Å². The van der Waals surface area contributed by atoms with E-state index in [0.29, 0.717) is 5.65 Å². The van der Waals surface area contributed by atoms with Gasteiger partial charge in [-0.25, -0.2) is 14.3 Å². The molecule has 0 aliphatic rings. The van der Waals surface area contributed by atoms with Gasteiger partial charge in [-0.2, -0.15) is 5.10 Å². The summed E-state index contributed by atoms with van der Waals surface area (Å²) < 4.78 is 7.01. The van der Waals surface area contributed by atoms with Crippen LogP contribution in [0.5, 0.6) is 0 Å². The third-order valence-corrected chi connectivity index (χ3v) is 2.95. The molecule has 3 rings (SSSR count). The summed E-state index contributed by atoms with van der Waals surface area (Å²) in [7, 11) is 0. The topological polar surface area (TPSA) is 80.6 Å². The number of nitrogens with zero attached hydrogens (tertiary/aromatic N) is 3. The predicted molar refractivity (Wildman–Crippen MR) is 67.1 cm³/mol. The van der Waals surface area contributed by atoms with E-state index in [0.717, 1.165) is 22.8 Å². The Labute approximate surface area is 108 Å². The van der Waals surface area contributed by atoms with E-state index in [4.69, 9.17) is 9.52 Å². The van der Waals surface area contributed by atoms with E-state index < -0.39 is 5.97 Å². The first-order valence-corrected chi connectivity index (χ1v) is 5.71. The van der Waals surface area contributed by atoms with Gasteiger partial charge in [0.25, 0.3) is 0 Å². The van der Waals surface area contributed by atoms with Gasteiger partial charge in [-0.1, -0.05) is 0 Å². The standard InChI is InChI=1S/C13H11N3O3/c1-7-5-9(8(2)19-7)11-3-4-14-12-10(13(17)18)6-15-16(11)12/h3-6H,1-2H3,(H,17,18). The number of rotatable bonds is 2. The van der Waals surface area contributed by atoms with Gasteiger partial charge >= 0.3 is 5.97 Å². The van der Waals surface area contributed by atoms with Crippen molar-refractivity contribution in [2.24, 2.45) is 0 Å². The zero-order valence-corrected chi connectivity index (χ0v) is 10.4. The number of hydrogen-bond acceptors (Lipinski definition) is 4. The molecule has 96 valence electrons. The number of aromatic nitrogens is 3. The van der Waals surface area contributed by atoms with Gasteiger partial charge in [0.05, 0.1) is 11.9 Å². The molecule has 0 saturated carbocycles. The van der Waals surface area contributed by atoms with E-state index in [1.165, 1.54) is 10.7 Å². The minimum absolute atomic E-state index is 0.0831. The summed E-state index contributed by atoms with van der Waals surface area (Å²) in [5.41, 5.74) is 2.04. The quantitative estimate of drug-likeness (QED) is 0.761. The fourth-order valence-electron chi connectivity index (χ4n) is 2.13. The minimum Gasteiger partial charge on any atom is -0.477 e. The molecule has 1 N–H and O–H groups in total. The first-order valence-electron chi connectivity index (χ1n) is 5.71. The van der Waals surface area contributed by atoms with Crippen LogP contribution in [0.4, 0.5) is 0 Å². The molecule has 0 radical (unpaired) electrons. The molecule has 19 heavy (non-hydrogen) atoms. The van der Waals surface area contributed by atoms with Crippen LogP contribution in [0, 0.1) is 13.8 Å². The van der Waals surface area contributed by atoms with Crippen molar-refractivity contribution >= 4 is 11.6 Å². The first kappa shape index (κ1) is 11.5. The normalized spacial score (nSPS) is 11.1. The molecule has 0 aliphatic heterocycles. The smallest absolute Gasteiger partial charge is 0.341 e. The average molecular weight is 257 g/mol. The molecular formula is C13H11N3O3. The highest BCUT2D eigenvalue weighted by molar-refractivity contribution is 5.94. The number of carboxylic acid groups (broad SMARTS) is 1. The fourth-order valence-corrected chi connectivity index (χ4v) is 2.13. The molecule has 0 spiro atoms.